The van der Waals surface area contributed by atoms with Gasteiger partial charge >= 0.3 is 0 Å². The molecule has 0 amide bonds. The van der Waals surface area contributed by atoms with E-state index in [2.05, 4.69) is 25.0 Å². The summed E-state index contributed by atoms with van der Waals surface area (Å²) in [6.45, 7) is 1.75. The van der Waals surface area contributed by atoms with Crippen LogP contribution < -0.4 is 5.73 Å². The number of halogens is 1. The van der Waals surface area contributed by atoms with Crippen molar-refractivity contribution < 1.29 is 9.50 Å². The molecule has 0 radical (unpaired) electrons. The predicted octanol–water partition coefficient (Wildman–Crippen LogP) is 3.18. The lowest BCUT2D eigenvalue weighted by Crippen LogP contribution is -2.29. The van der Waals surface area contributed by atoms with E-state index < -0.39 is 11.4 Å². The van der Waals surface area contributed by atoms with Gasteiger partial charge in [-0.1, -0.05) is 25.1 Å². The Morgan fingerprint density at radius 2 is 1.97 bits per heavy atom. The summed E-state index contributed by atoms with van der Waals surface area (Å²) in [5, 5.41) is 15.6. The number of hydrogen-bond acceptors (Lipinski definition) is 7. The highest BCUT2D eigenvalue weighted by molar-refractivity contribution is 5.90. The van der Waals surface area contributed by atoms with E-state index in [-0.39, 0.29) is 23.6 Å². The number of anilines is 1. The molecule has 1 aromatic carbocycles. The second kappa shape index (κ2) is 7.75. The van der Waals surface area contributed by atoms with Gasteiger partial charge in [0.2, 0.25) is 5.95 Å². The van der Waals surface area contributed by atoms with Gasteiger partial charge in [-0.15, -0.1) is 0 Å². The van der Waals surface area contributed by atoms with Gasteiger partial charge < -0.3 is 15.8 Å². The minimum Gasteiger partial charge on any atom is -0.379 e. The number of nitrogens with two attached hydrogens (primary N) is 1. The number of nitrogen functional groups attached to an aromatic ring is 1. The number of benzene rings is 1. The van der Waals surface area contributed by atoms with E-state index in [9.17, 15) is 9.50 Å². The van der Waals surface area contributed by atoms with Crippen LogP contribution in [0.5, 0.6) is 0 Å². The lowest BCUT2D eigenvalue weighted by Gasteiger charge is -2.27. The minimum absolute atomic E-state index is 0.0450. The molecule has 4 aromatic heterocycles. The number of H-pyrrole nitrogens is 1. The number of rotatable bonds is 5. The molecule has 9 nitrogen and oxygen atoms in total. The first-order valence-electron chi connectivity index (χ1n) is 10.3. The Labute approximate surface area is 188 Å². The van der Waals surface area contributed by atoms with Gasteiger partial charge in [-0.25, -0.2) is 24.3 Å². The van der Waals surface area contributed by atoms with E-state index in [1.54, 1.807) is 48.4 Å². The molecule has 5 rings (SSSR count). The van der Waals surface area contributed by atoms with E-state index in [1.807, 2.05) is 13.2 Å². The van der Waals surface area contributed by atoms with Crippen molar-refractivity contribution in [1.82, 2.24) is 34.7 Å². The molecule has 4 heterocycles. The van der Waals surface area contributed by atoms with Crippen molar-refractivity contribution >= 4 is 17.1 Å². The first kappa shape index (κ1) is 20.7. The number of nitrogens with zero attached hydrogens (tertiary/aromatic N) is 6. The molecule has 0 aliphatic carbocycles. The smallest absolute Gasteiger partial charge is 0.220 e. The zero-order chi connectivity index (χ0) is 23.2. The van der Waals surface area contributed by atoms with Crippen LogP contribution in [0.2, 0.25) is 0 Å². The first-order valence-corrected chi connectivity index (χ1v) is 10.3. The normalized spacial score (nSPS) is 13.3. The molecule has 10 heteroatoms. The highest BCUT2D eigenvalue weighted by Crippen LogP contribution is 2.36. The molecule has 4 N–H and O–H groups in total. The van der Waals surface area contributed by atoms with Crippen LogP contribution in [0.25, 0.3) is 33.7 Å². The summed E-state index contributed by atoms with van der Waals surface area (Å²) in [4.78, 5) is 20.9. The number of aryl methyl sites for hydroxylation is 1. The maximum Gasteiger partial charge on any atom is 0.220 e. The summed E-state index contributed by atoms with van der Waals surface area (Å²) in [7, 11) is 1.83. The molecule has 0 spiro atoms. The van der Waals surface area contributed by atoms with Gasteiger partial charge in [0.15, 0.2) is 5.65 Å². The van der Waals surface area contributed by atoms with Gasteiger partial charge in [-0.3, -0.25) is 4.68 Å². The first-order chi connectivity index (χ1) is 15.9. The van der Waals surface area contributed by atoms with Crippen LogP contribution in [0.3, 0.4) is 0 Å². The van der Waals surface area contributed by atoms with Crippen molar-refractivity contribution in [3.05, 3.63) is 72.2 Å². The van der Waals surface area contributed by atoms with Crippen LogP contribution >= 0.6 is 0 Å². The Hall–Kier alpha value is -4.18. The zero-order valence-corrected chi connectivity index (χ0v) is 18.0. The summed E-state index contributed by atoms with van der Waals surface area (Å²) in [6.07, 6.45) is 7.12. The number of nitrogens with one attached hydrogen (secondary N) is 1. The number of hydrogen-bond donors (Lipinski definition) is 3. The molecule has 0 aliphatic heterocycles. The Balaban J connectivity index is 1.66. The molecule has 166 valence electrons. The van der Waals surface area contributed by atoms with Gasteiger partial charge in [0, 0.05) is 36.1 Å². The van der Waals surface area contributed by atoms with Crippen molar-refractivity contribution in [2.24, 2.45) is 7.05 Å². The van der Waals surface area contributed by atoms with Crippen LogP contribution in [0.4, 0.5) is 10.3 Å². The summed E-state index contributed by atoms with van der Waals surface area (Å²) >= 11 is 0. The van der Waals surface area contributed by atoms with Gasteiger partial charge in [0.25, 0.3) is 0 Å². The molecule has 5 aromatic rings. The van der Waals surface area contributed by atoms with Crippen LogP contribution in [-0.2, 0) is 12.6 Å². The fraction of sp³-hybridized carbons (Fsp3) is 0.174. The van der Waals surface area contributed by atoms with Crippen LogP contribution in [-0.4, -0.2) is 39.8 Å². The summed E-state index contributed by atoms with van der Waals surface area (Å²) in [5.74, 6) is -0.573. The zero-order valence-electron chi connectivity index (χ0n) is 18.0. The third-order valence-corrected chi connectivity index (χ3v) is 5.66. The summed E-state index contributed by atoms with van der Waals surface area (Å²) in [5.41, 5.74) is 8.32. The van der Waals surface area contributed by atoms with E-state index in [0.717, 1.165) is 5.56 Å². The molecule has 33 heavy (non-hydrogen) atoms. The average molecular weight is 444 g/mol. The lowest BCUT2D eigenvalue weighted by atomic mass is 9.86. The van der Waals surface area contributed by atoms with Crippen LogP contribution in [0.1, 0.15) is 24.6 Å². The second-order valence-electron chi connectivity index (χ2n) is 7.75. The second-order valence-corrected chi connectivity index (χ2v) is 7.75. The molecular weight excluding hydrogens is 423 g/mol. The number of fused-ring (bicyclic) bond motifs is 1. The van der Waals surface area contributed by atoms with Crippen molar-refractivity contribution in [2.45, 2.75) is 18.9 Å². The van der Waals surface area contributed by atoms with Crippen LogP contribution in [0, 0.1) is 5.82 Å². The molecule has 0 aliphatic rings. The third kappa shape index (κ3) is 3.50. The minimum atomic E-state index is -1.68. The Bertz CT molecular complexity index is 1480. The fourth-order valence-electron chi connectivity index (χ4n) is 3.90. The fourth-order valence-corrected chi connectivity index (χ4v) is 3.90. The summed E-state index contributed by atoms with van der Waals surface area (Å²) < 4.78 is 16.3. The molecular formula is C23H21FN8O. The largest absolute Gasteiger partial charge is 0.379 e. The van der Waals surface area contributed by atoms with Gasteiger partial charge in [0.1, 0.15) is 16.9 Å². The maximum absolute atomic E-state index is 14.6. The lowest BCUT2D eigenvalue weighted by molar-refractivity contribution is 0.0681. The predicted molar refractivity (Wildman–Crippen MR) is 121 cm³/mol. The van der Waals surface area contributed by atoms with Gasteiger partial charge in [-0.05, 0) is 18.6 Å². The average Bonchev–Trinajstić information content (AvgIpc) is 3.44. The molecule has 0 fully saturated rings. The van der Waals surface area contributed by atoms with Crippen molar-refractivity contribution in [1.29, 1.82) is 0 Å². The quantitative estimate of drug-likeness (QED) is 0.379. The van der Waals surface area contributed by atoms with Gasteiger partial charge in [-0.2, -0.15) is 5.10 Å². The van der Waals surface area contributed by atoms with Crippen molar-refractivity contribution in [3.63, 3.8) is 0 Å². The Morgan fingerprint density at radius 1 is 1.15 bits per heavy atom. The number of aliphatic hydroxyl groups is 1. The monoisotopic (exact) mass is 444 g/mol. The molecule has 0 unspecified atom stereocenters. The Morgan fingerprint density at radius 3 is 2.70 bits per heavy atom. The molecule has 1 atom stereocenters. The van der Waals surface area contributed by atoms with E-state index in [1.165, 1.54) is 12.1 Å². The standard InChI is InChI=1S/C23H21FN8O/c1-3-23(33,15-6-4-5-7-16(15)24)19-8-17(30-22(25)31-19)14-10-26-21-20(14)29-18(11-27-21)13-9-28-32(2)12-13/h4-12,33H,3H2,1-2H3,(H,26,27)(H2,25,30,31)/t23-/m0/s1. The van der Waals surface area contributed by atoms with E-state index in [0.29, 0.717) is 28.1 Å². The van der Waals surface area contributed by atoms with Crippen molar-refractivity contribution in [3.8, 4) is 22.5 Å². The Kier molecular flexibility index (Phi) is 4.86. The van der Waals surface area contributed by atoms with Gasteiger partial charge in [0.05, 0.1) is 29.5 Å². The molecule has 0 saturated carbocycles. The highest BCUT2D eigenvalue weighted by Gasteiger charge is 2.34. The maximum atomic E-state index is 14.6. The molecule has 0 saturated heterocycles. The van der Waals surface area contributed by atoms with Crippen molar-refractivity contribution in [2.75, 3.05) is 5.73 Å². The topological polar surface area (TPSA) is 131 Å². The van der Waals surface area contributed by atoms with Crippen LogP contribution in [0.15, 0.2) is 55.1 Å². The SMILES string of the molecule is CC[C@@](O)(c1cc(-c2c[nH]c3ncc(-c4cnn(C)c4)nc23)nc(N)n1)c1ccccc1F. The number of aromatic amines is 1. The number of aromatic nitrogens is 7. The van der Waals surface area contributed by atoms with E-state index in [4.69, 9.17) is 10.7 Å². The van der Waals surface area contributed by atoms with E-state index >= 15 is 0 Å². The highest BCUT2D eigenvalue weighted by atomic mass is 19.1. The summed E-state index contributed by atoms with van der Waals surface area (Å²) in [6, 6.07) is 7.68. The third-order valence-electron chi connectivity index (χ3n) is 5.66. The molecule has 0 bridgehead atoms.